The summed E-state index contributed by atoms with van der Waals surface area (Å²) in [6.07, 6.45) is 4.88. The van der Waals surface area contributed by atoms with Crippen molar-refractivity contribution in [3.05, 3.63) is 75.9 Å². The SMILES string of the molecule is Cc1ccc(CC2C[C@@H](C)C(C(=O)c3cc4c(cc3C)C(C)C=C4C(=O)C(=O)C(C)C)CC2C)cc1. The Hall–Kier alpha value is -2.81. The van der Waals surface area contributed by atoms with E-state index in [1.165, 1.54) is 11.1 Å². The van der Waals surface area contributed by atoms with Gasteiger partial charge in [0.15, 0.2) is 5.78 Å². The lowest BCUT2D eigenvalue weighted by molar-refractivity contribution is -0.135. The number of hydrogen-bond acceptors (Lipinski definition) is 3. The molecule has 2 aromatic carbocycles. The van der Waals surface area contributed by atoms with E-state index >= 15 is 0 Å². The van der Waals surface area contributed by atoms with Crippen LogP contribution >= 0.6 is 0 Å². The molecule has 0 radical (unpaired) electrons. The summed E-state index contributed by atoms with van der Waals surface area (Å²) < 4.78 is 0. The van der Waals surface area contributed by atoms with E-state index in [4.69, 9.17) is 0 Å². The number of hydrogen-bond donors (Lipinski definition) is 0. The first-order chi connectivity index (χ1) is 17.0. The highest BCUT2D eigenvalue weighted by Crippen LogP contribution is 2.43. The van der Waals surface area contributed by atoms with Crippen LogP contribution in [0.1, 0.15) is 91.6 Å². The summed E-state index contributed by atoms with van der Waals surface area (Å²) in [4.78, 5) is 39.3. The molecule has 0 heterocycles. The molecule has 0 amide bonds. The first-order valence-corrected chi connectivity index (χ1v) is 13.5. The predicted molar refractivity (Wildman–Crippen MR) is 146 cm³/mol. The third-order valence-corrected chi connectivity index (χ3v) is 8.60. The zero-order valence-corrected chi connectivity index (χ0v) is 22.9. The third-order valence-electron chi connectivity index (χ3n) is 8.60. The Kier molecular flexibility index (Phi) is 7.50. The highest BCUT2D eigenvalue weighted by Gasteiger charge is 2.38. The summed E-state index contributed by atoms with van der Waals surface area (Å²) in [6.45, 7) is 14.2. The number of aryl methyl sites for hydroxylation is 2. The summed E-state index contributed by atoms with van der Waals surface area (Å²) in [5.41, 5.74) is 6.59. The maximum atomic E-state index is 13.9. The Bertz CT molecular complexity index is 1210. The topological polar surface area (TPSA) is 51.2 Å². The zero-order valence-electron chi connectivity index (χ0n) is 22.9. The van der Waals surface area contributed by atoms with E-state index in [1.54, 1.807) is 13.8 Å². The quantitative estimate of drug-likeness (QED) is 0.305. The third kappa shape index (κ3) is 5.03. The Morgan fingerprint density at radius 3 is 2.22 bits per heavy atom. The van der Waals surface area contributed by atoms with Crippen LogP contribution < -0.4 is 0 Å². The minimum atomic E-state index is -0.434. The molecule has 0 aromatic heterocycles. The van der Waals surface area contributed by atoms with E-state index in [2.05, 4.69) is 51.1 Å². The summed E-state index contributed by atoms with van der Waals surface area (Å²) in [5.74, 6) is 0.403. The molecule has 3 nitrogen and oxygen atoms in total. The monoisotopic (exact) mass is 484 g/mol. The molecule has 3 heteroatoms. The number of rotatable bonds is 7. The normalized spacial score (nSPS) is 25.4. The van der Waals surface area contributed by atoms with Crippen LogP contribution in [0.15, 0.2) is 42.5 Å². The van der Waals surface area contributed by atoms with Gasteiger partial charge in [0.25, 0.3) is 0 Å². The molecule has 0 bridgehead atoms. The standard InChI is InChI=1S/C33H40O3/c1-18(2)31(34)33(36)30-15-22(6)26-14-23(7)28(17-29(26)30)32(35)27-13-20(4)25(12-21(27)5)16-24-10-8-19(3)9-11-24/h8-11,14-15,17-18,20-22,25,27H,12-13,16H2,1-7H3/t20?,21-,22?,25?,27?/m1/s1. The molecule has 5 atom stereocenters. The maximum absolute atomic E-state index is 13.9. The fourth-order valence-corrected chi connectivity index (χ4v) is 6.20. The molecule has 1 saturated carbocycles. The Balaban J connectivity index is 1.56. The molecule has 0 spiro atoms. The Morgan fingerprint density at radius 1 is 0.917 bits per heavy atom. The number of carbonyl (C=O) groups is 3. The van der Waals surface area contributed by atoms with Crippen LogP contribution in [0.3, 0.4) is 0 Å². The molecule has 0 aliphatic heterocycles. The summed E-state index contributed by atoms with van der Waals surface area (Å²) in [7, 11) is 0. The predicted octanol–water partition coefficient (Wildman–Crippen LogP) is 7.32. The average molecular weight is 485 g/mol. The average Bonchev–Trinajstić information content (AvgIpc) is 3.15. The van der Waals surface area contributed by atoms with Crippen molar-refractivity contribution in [1.82, 2.24) is 0 Å². The van der Waals surface area contributed by atoms with Gasteiger partial charge < -0.3 is 0 Å². The summed E-state index contributed by atoms with van der Waals surface area (Å²) in [5, 5.41) is 0. The molecule has 190 valence electrons. The van der Waals surface area contributed by atoms with Crippen molar-refractivity contribution in [3.63, 3.8) is 0 Å². The summed E-state index contributed by atoms with van der Waals surface area (Å²) >= 11 is 0. The van der Waals surface area contributed by atoms with Gasteiger partial charge in [-0.15, -0.1) is 0 Å². The summed E-state index contributed by atoms with van der Waals surface area (Å²) in [6, 6.07) is 12.8. The molecule has 2 aliphatic carbocycles. The van der Waals surface area contributed by atoms with E-state index < -0.39 is 5.78 Å². The minimum absolute atomic E-state index is 0.0229. The van der Waals surface area contributed by atoms with Gasteiger partial charge in [-0.1, -0.05) is 76.6 Å². The number of carbonyl (C=O) groups excluding carboxylic acids is 3. The first-order valence-electron chi connectivity index (χ1n) is 13.5. The molecular weight excluding hydrogens is 444 g/mol. The van der Waals surface area contributed by atoms with Crippen molar-refractivity contribution in [3.8, 4) is 0 Å². The fourth-order valence-electron chi connectivity index (χ4n) is 6.20. The van der Waals surface area contributed by atoms with E-state index in [9.17, 15) is 14.4 Å². The Labute approximate surface area is 216 Å². The lowest BCUT2D eigenvalue weighted by atomic mass is 9.65. The lowest BCUT2D eigenvalue weighted by Crippen LogP contribution is -2.35. The van der Waals surface area contributed by atoms with Gasteiger partial charge in [-0.2, -0.15) is 0 Å². The van der Waals surface area contributed by atoms with Gasteiger partial charge in [-0.25, -0.2) is 0 Å². The highest BCUT2D eigenvalue weighted by molar-refractivity contribution is 6.54. The highest BCUT2D eigenvalue weighted by atomic mass is 16.2. The number of fused-ring (bicyclic) bond motifs is 1. The van der Waals surface area contributed by atoms with E-state index in [0.717, 1.165) is 36.0 Å². The van der Waals surface area contributed by atoms with Crippen LogP contribution in [0.5, 0.6) is 0 Å². The van der Waals surface area contributed by atoms with E-state index in [-0.39, 0.29) is 29.3 Å². The van der Waals surface area contributed by atoms with Gasteiger partial charge >= 0.3 is 0 Å². The van der Waals surface area contributed by atoms with Crippen molar-refractivity contribution >= 4 is 22.9 Å². The van der Waals surface area contributed by atoms with Crippen LogP contribution in [0.4, 0.5) is 0 Å². The number of benzene rings is 2. The van der Waals surface area contributed by atoms with Crippen LogP contribution in [0.25, 0.3) is 5.57 Å². The Morgan fingerprint density at radius 2 is 1.58 bits per heavy atom. The van der Waals surface area contributed by atoms with Gasteiger partial charge in [0.1, 0.15) is 0 Å². The van der Waals surface area contributed by atoms with Crippen molar-refractivity contribution in [2.24, 2.45) is 29.6 Å². The van der Waals surface area contributed by atoms with Crippen molar-refractivity contribution in [2.75, 3.05) is 0 Å². The van der Waals surface area contributed by atoms with Gasteiger partial charge in [-0.05, 0) is 79.2 Å². The molecule has 1 fully saturated rings. The van der Waals surface area contributed by atoms with E-state index in [0.29, 0.717) is 28.9 Å². The van der Waals surface area contributed by atoms with Crippen molar-refractivity contribution < 1.29 is 14.4 Å². The van der Waals surface area contributed by atoms with Crippen LogP contribution in [0, 0.1) is 43.4 Å². The lowest BCUT2D eigenvalue weighted by Gasteiger charge is -2.38. The number of ketones is 3. The van der Waals surface area contributed by atoms with Gasteiger partial charge in [0.05, 0.1) is 0 Å². The molecular formula is C33H40O3. The second-order valence-corrected chi connectivity index (χ2v) is 11.8. The van der Waals surface area contributed by atoms with Gasteiger partial charge in [0, 0.05) is 28.9 Å². The number of allylic oxidation sites excluding steroid dienone is 2. The molecule has 36 heavy (non-hydrogen) atoms. The fraction of sp³-hybridized carbons (Fsp3) is 0.485. The van der Waals surface area contributed by atoms with Gasteiger partial charge in [0.2, 0.25) is 11.6 Å². The van der Waals surface area contributed by atoms with E-state index in [1.807, 2.05) is 26.0 Å². The molecule has 4 rings (SSSR count). The van der Waals surface area contributed by atoms with Crippen molar-refractivity contribution in [1.29, 1.82) is 0 Å². The molecule has 2 aromatic rings. The zero-order chi connectivity index (χ0) is 26.3. The molecule has 4 unspecified atom stereocenters. The van der Waals surface area contributed by atoms with Gasteiger partial charge in [-0.3, -0.25) is 14.4 Å². The molecule has 0 saturated heterocycles. The van der Waals surface area contributed by atoms with Crippen LogP contribution in [-0.4, -0.2) is 17.3 Å². The first kappa shape index (κ1) is 26.3. The largest absolute Gasteiger partial charge is 0.294 e. The van der Waals surface area contributed by atoms with Crippen LogP contribution in [-0.2, 0) is 16.0 Å². The molecule has 2 aliphatic rings. The van der Waals surface area contributed by atoms with Crippen LogP contribution in [0.2, 0.25) is 0 Å². The maximum Gasteiger partial charge on any atom is 0.229 e. The smallest absolute Gasteiger partial charge is 0.229 e. The second kappa shape index (κ2) is 10.3. The second-order valence-electron chi connectivity index (χ2n) is 11.8. The van der Waals surface area contributed by atoms with Crippen molar-refractivity contribution in [2.45, 2.75) is 73.6 Å². The minimum Gasteiger partial charge on any atom is -0.294 e. The molecule has 0 N–H and O–H groups in total. The number of Topliss-reactive ketones (excluding diaryl/α,β-unsaturated/α-hetero) is 3.